The number of alkyl halides is 3. The van der Waals surface area contributed by atoms with Crippen LogP contribution in [0.4, 0.5) is 13.2 Å². The van der Waals surface area contributed by atoms with E-state index in [4.69, 9.17) is 10.5 Å². The van der Waals surface area contributed by atoms with E-state index in [2.05, 4.69) is 4.98 Å². The van der Waals surface area contributed by atoms with Crippen molar-refractivity contribution < 1.29 is 17.9 Å². The van der Waals surface area contributed by atoms with E-state index in [1.54, 1.807) is 18.2 Å². The third-order valence-electron chi connectivity index (χ3n) is 2.80. The summed E-state index contributed by atoms with van der Waals surface area (Å²) in [5.41, 5.74) is 5.19. The van der Waals surface area contributed by atoms with Gasteiger partial charge in [0.1, 0.15) is 11.4 Å². The lowest BCUT2D eigenvalue weighted by Gasteiger charge is -2.06. The van der Waals surface area contributed by atoms with Crippen molar-refractivity contribution in [3.63, 3.8) is 0 Å². The number of nitrogens with one attached hydrogen (secondary N) is 1. The van der Waals surface area contributed by atoms with E-state index in [0.29, 0.717) is 16.7 Å². The molecule has 0 aliphatic heterocycles. The maximum Gasteiger partial charge on any atom is 0.431 e. The number of hydrogen-bond donors (Lipinski definition) is 2. The summed E-state index contributed by atoms with van der Waals surface area (Å²) < 4.78 is 43.9. The molecule has 0 amide bonds. The number of para-hydroxylation sites is 1. The van der Waals surface area contributed by atoms with Crippen molar-refractivity contribution in [1.82, 2.24) is 4.98 Å². The molecule has 1 aromatic carbocycles. The zero-order valence-corrected chi connectivity index (χ0v) is 9.77. The predicted molar refractivity (Wildman–Crippen MR) is 62.6 cm³/mol. The van der Waals surface area contributed by atoms with Gasteiger partial charge in [-0.15, -0.1) is 0 Å². The first-order valence-corrected chi connectivity index (χ1v) is 5.44. The van der Waals surface area contributed by atoms with Crippen LogP contribution in [0.15, 0.2) is 18.2 Å². The highest BCUT2D eigenvalue weighted by molar-refractivity contribution is 5.89. The zero-order chi connectivity index (χ0) is 13.3. The molecule has 98 valence electrons. The Morgan fingerprint density at radius 1 is 1.33 bits per heavy atom. The molecular weight excluding hydrogens is 245 g/mol. The van der Waals surface area contributed by atoms with E-state index in [0.717, 1.165) is 0 Å². The molecule has 0 aliphatic rings. The van der Waals surface area contributed by atoms with Gasteiger partial charge in [0.05, 0.1) is 12.6 Å². The fraction of sp³-hybridized carbons (Fsp3) is 0.333. The number of ether oxygens (including phenoxy) is 1. The van der Waals surface area contributed by atoms with Gasteiger partial charge in [-0.25, -0.2) is 0 Å². The van der Waals surface area contributed by atoms with E-state index in [1.165, 1.54) is 7.11 Å². The van der Waals surface area contributed by atoms with Gasteiger partial charge in [-0.1, -0.05) is 12.1 Å². The van der Waals surface area contributed by atoms with Gasteiger partial charge in [0.25, 0.3) is 0 Å². The van der Waals surface area contributed by atoms with E-state index >= 15 is 0 Å². The van der Waals surface area contributed by atoms with Crippen LogP contribution in [0.1, 0.15) is 11.3 Å². The summed E-state index contributed by atoms with van der Waals surface area (Å²) in [6.45, 7) is 0.160. The van der Waals surface area contributed by atoms with Gasteiger partial charge in [-0.05, 0) is 24.6 Å². The summed E-state index contributed by atoms with van der Waals surface area (Å²) in [6.07, 6.45) is -4.25. The minimum atomic E-state index is -4.42. The molecule has 2 aromatic rings. The normalized spacial score (nSPS) is 12.1. The van der Waals surface area contributed by atoms with Crippen molar-refractivity contribution in [3.8, 4) is 5.75 Å². The number of nitrogens with two attached hydrogens (primary N) is 1. The molecule has 0 fully saturated rings. The van der Waals surface area contributed by atoms with Gasteiger partial charge in [0.15, 0.2) is 0 Å². The minimum Gasteiger partial charge on any atom is -0.495 e. The highest BCUT2D eigenvalue weighted by atomic mass is 19.4. The Labute approximate surface area is 102 Å². The minimum absolute atomic E-state index is 0.160. The monoisotopic (exact) mass is 258 g/mol. The quantitative estimate of drug-likeness (QED) is 0.889. The lowest BCUT2D eigenvalue weighted by atomic mass is 10.1. The van der Waals surface area contributed by atoms with Crippen LogP contribution in [-0.4, -0.2) is 18.6 Å². The third-order valence-corrected chi connectivity index (χ3v) is 2.80. The summed E-state index contributed by atoms with van der Waals surface area (Å²) in [5.74, 6) is 0.390. The Hall–Kier alpha value is -1.69. The van der Waals surface area contributed by atoms with Gasteiger partial charge >= 0.3 is 6.18 Å². The Morgan fingerprint density at radius 2 is 2.06 bits per heavy atom. The molecule has 0 saturated carbocycles. The lowest BCUT2D eigenvalue weighted by molar-refractivity contribution is -0.141. The largest absolute Gasteiger partial charge is 0.495 e. The standard InChI is InChI=1S/C12H13F3N2O/c1-18-9-4-2-3-7-8(5-6-16)11(12(13,14)15)17-10(7)9/h2-4,17H,5-6,16H2,1H3. The molecule has 3 N–H and O–H groups in total. The molecule has 1 aromatic heterocycles. The van der Waals surface area contributed by atoms with Gasteiger partial charge in [-0.3, -0.25) is 0 Å². The molecule has 0 unspecified atom stereocenters. The van der Waals surface area contributed by atoms with Crippen LogP contribution in [0.25, 0.3) is 10.9 Å². The molecule has 2 rings (SSSR count). The van der Waals surface area contributed by atoms with Crippen LogP contribution in [0, 0.1) is 0 Å². The Bertz CT molecular complexity index is 560. The molecule has 0 aliphatic carbocycles. The number of aromatic amines is 1. The first-order valence-electron chi connectivity index (χ1n) is 5.44. The summed E-state index contributed by atoms with van der Waals surface area (Å²) in [7, 11) is 1.42. The second-order valence-electron chi connectivity index (χ2n) is 3.90. The number of halogens is 3. The van der Waals surface area contributed by atoms with Crippen molar-refractivity contribution in [2.45, 2.75) is 12.6 Å². The molecule has 1 heterocycles. The Morgan fingerprint density at radius 3 is 2.61 bits per heavy atom. The molecule has 0 bridgehead atoms. The Balaban J connectivity index is 2.74. The second kappa shape index (κ2) is 4.53. The van der Waals surface area contributed by atoms with Gasteiger partial charge < -0.3 is 15.5 Å². The molecule has 0 atom stereocenters. The zero-order valence-electron chi connectivity index (χ0n) is 9.77. The van der Waals surface area contributed by atoms with E-state index < -0.39 is 11.9 Å². The number of fused-ring (bicyclic) bond motifs is 1. The number of methoxy groups -OCH3 is 1. The van der Waals surface area contributed by atoms with Gasteiger partial charge in [0, 0.05) is 5.39 Å². The predicted octanol–water partition coefficient (Wildman–Crippen LogP) is 2.70. The van der Waals surface area contributed by atoms with Crippen LogP contribution in [0.3, 0.4) is 0 Å². The molecule has 3 nitrogen and oxygen atoms in total. The molecule has 18 heavy (non-hydrogen) atoms. The van der Waals surface area contributed by atoms with Crippen molar-refractivity contribution in [2.24, 2.45) is 5.73 Å². The molecular formula is C12H13F3N2O. The van der Waals surface area contributed by atoms with Crippen LogP contribution in [0.2, 0.25) is 0 Å². The highest BCUT2D eigenvalue weighted by Gasteiger charge is 2.36. The number of aromatic nitrogens is 1. The molecule has 0 saturated heterocycles. The first-order chi connectivity index (χ1) is 8.49. The smallest absolute Gasteiger partial charge is 0.431 e. The van der Waals surface area contributed by atoms with Crippen molar-refractivity contribution in [1.29, 1.82) is 0 Å². The number of H-pyrrole nitrogens is 1. The van der Waals surface area contributed by atoms with Crippen LogP contribution in [-0.2, 0) is 12.6 Å². The topological polar surface area (TPSA) is 51.0 Å². The molecule has 6 heteroatoms. The van der Waals surface area contributed by atoms with Crippen molar-refractivity contribution in [3.05, 3.63) is 29.5 Å². The third kappa shape index (κ3) is 2.03. The van der Waals surface area contributed by atoms with Crippen LogP contribution >= 0.6 is 0 Å². The van der Waals surface area contributed by atoms with Crippen LogP contribution in [0.5, 0.6) is 5.75 Å². The maximum absolute atomic E-state index is 12.9. The van der Waals surface area contributed by atoms with Crippen molar-refractivity contribution in [2.75, 3.05) is 13.7 Å². The van der Waals surface area contributed by atoms with E-state index in [-0.39, 0.29) is 18.5 Å². The van der Waals surface area contributed by atoms with E-state index in [9.17, 15) is 13.2 Å². The average Bonchev–Trinajstić information content (AvgIpc) is 2.68. The van der Waals surface area contributed by atoms with E-state index in [1.807, 2.05) is 0 Å². The first kappa shape index (κ1) is 12.8. The highest BCUT2D eigenvalue weighted by Crippen LogP contribution is 2.38. The van der Waals surface area contributed by atoms with Gasteiger partial charge in [0.2, 0.25) is 0 Å². The lowest BCUT2D eigenvalue weighted by Crippen LogP contribution is -2.11. The van der Waals surface area contributed by atoms with Crippen molar-refractivity contribution >= 4 is 10.9 Å². The number of benzene rings is 1. The Kier molecular flexibility index (Phi) is 3.21. The number of rotatable bonds is 3. The fourth-order valence-electron chi connectivity index (χ4n) is 2.06. The number of hydrogen-bond acceptors (Lipinski definition) is 2. The maximum atomic E-state index is 12.9. The molecule has 0 radical (unpaired) electrons. The summed E-state index contributed by atoms with van der Waals surface area (Å²) >= 11 is 0. The second-order valence-corrected chi connectivity index (χ2v) is 3.90. The fourth-order valence-corrected chi connectivity index (χ4v) is 2.06. The van der Waals surface area contributed by atoms with Gasteiger partial charge in [-0.2, -0.15) is 13.2 Å². The SMILES string of the molecule is COc1cccc2c(CCN)c(C(F)(F)F)[nH]c12. The summed E-state index contributed by atoms with van der Waals surface area (Å²) in [6, 6.07) is 4.91. The summed E-state index contributed by atoms with van der Waals surface area (Å²) in [5, 5.41) is 0.507. The summed E-state index contributed by atoms with van der Waals surface area (Å²) in [4.78, 5) is 2.40. The molecule has 0 spiro atoms. The average molecular weight is 258 g/mol. The van der Waals surface area contributed by atoms with Crippen LogP contribution < -0.4 is 10.5 Å².